The summed E-state index contributed by atoms with van der Waals surface area (Å²) in [6, 6.07) is 19.4. The number of rotatable bonds is 4. The van der Waals surface area contributed by atoms with Gasteiger partial charge in [-0.05, 0) is 19.1 Å². The van der Waals surface area contributed by atoms with E-state index >= 15 is 0 Å². The SMILES string of the molecule is CC(NC(=O)c1cnc(-c2ccccc2)s1)c1cc2ccccc2o1. The van der Waals surface area contributed by atoms with Crippen molar-refractivity contribution in [2.24, 2.45) is 0 Å². The molecule has 0 aliphatic heterocycles. The Balaban J connectivity index is 1.51. The van der Waals surface area contributed by atoms with E-state index in [1.54, 1.807) is 6.20 Å². The van der Waals surface area contributed by atoms with E-state index in [4.69, 9.17) is 4.42 Å². The number of aromatic nitrogens is 1. The van der Waals surface area contributed by atoms with Crippen LogP contribution in [0.4, 0.5) is 0 Å². The summed E-state index contributed by atoms with van der Waals surface area (Å²) in [5.41, 5.74) is 1.83. The van der Waals surface area contributed by atoms with Crippen LogP contribution in [0.25, 0.3) is 21.5 Å². The average molecular weight is 348 g/mol. The Bertz CT molecular complexity index is 987. The largest absolute Gasteiger partial charge is 0.459 e. The molecule has 1 unspecified atom stereocenters. The molecule has 1 amide bonds. The Morgan fingerprint density at radius 3 is 2.68 bits per heavy atom. The molecular formula is C20H16N2O2S. The lowest BCUT2D eigenvalue weighted by Crippen LogP contribution is -2.25. The van der Waals surface area contributed by atoms with Gasteiger partial charge in [-0.1, -0.05) is 48.5 Å². The highest BCUT2D eigenvalue weighted by atomic mass is 32.1. The number of amides is 1. The first-order valence-corrected chi connectivity index (χ1v) is 8.83. The fraction of sp³-hybridized carbons (Fsp3) is 0.100. The lowest BCUT2D eigenvalue weighted by Gasteiger charge is -2.09. The number of nitrogens with one attached hydrogen (secondary N) is 1. The number of furan rings is 1. The van der Waals surface area contributed by atoms with Crippen LogP contribution < -0.4 is 5.32 Å². The van der Waals surface area contributed by atoms with Gasteiger partial charge in [-0.3, -0.25) is 4.79 Å². The van der Waals surface area contributed by atoms with Crippen molar-refractivity contribution < 1.29 is 9.21 Å². The van der Waals surface area contributed by atoms with Gasteiger partial charge in [-0.2, -0.15) is 0 Å². The molecule has 0 fully saturated rings. The van der Waals surface area contributed by atoms with Crippen molar-refractivity contribution in [3.05, 3.63) is 77.5 Å². The normalized spacial score (nSPS) is 12.2. The molecule has 5 heteroatoms. The van der Waals surface area contributed by atoms with Crippen LogP contribution in [0.3, 0.4) is 0 Å². The number of hydrogen-bond acceptors (Lipinski definition) is 4. The second-order valence-electron chi connectivity index (χ2n) is 5.78. The van der Waals surface area contributed by atoms with Gasteiger partial charge in [0.1, 0.15) is 21.2 Å². The molecule has 2 heterocycles. The van der Waals surface area contributed by atoms with Crippen LogP contribution in [0.1, 0.15) is 28.4 Å². The second-order valence-corrected chi connectivity index (χ2v) is 6.81. The first-order chi connectivity index (χ1) is 12.2. The topological polar surface area (TPSA) is 55.1 Å². The molecule has 4 nitrogen and oxygen atoms in total. The minimum absolute atomic E-state index is 0.146. The molecule has 0 saturated heterocycles. The third-order valence-corrected chi connectivity index (χ3v) is 5.01. The maximum absolute atomic E-state index is 12.5. The van der Waals surface area contributed by atoms with Crippen molar-refractivity contribution in [2.45, 2.75) is 13.0 Å². The zero-order valence-electron chi connectivity index (χ0n) is 13.6. The Hall–Kier alpha value is -2.92. The van der Waals surface area contributed by atoms with Crippen molar-refractivity contribution >= 4 is 28.2 Å². The van der Waals surface area contributed by atoms with E-state index in [0.29, 0.717) is 4.88 Å². The molecule has 1 N–H and O–H groups in total. The Labute approximate surface area is 149 Å². The fourth-order valence-corrected chi connectivity index (χ4v) is 3.47. The number of benzene rings is 2. The number of para-hydroxylation sites is 1. The molecule has 2 aromatic carbocycles. The molecule has 0 aliphatic rings. The quantitative estimate of drug-likeness (QED) is 0.562. The number of carbonyl (C=O) groups is 1. The van der Waals surface area contributed by atoms with Crippen LogP contribution in [0.2, 0.25) is 0 Å². The van der Waals surface area contributed by atoms with Gasteiger partial charge in [0.15, 0.2) is 0 Å². The maximum atomic E-state index is 12.5. The molecule has 4 rings (SSSR count). The highest BCUT2D eigenvalue weighted by Crippen LogP contribution is 2.26. The van der Waals surface area contributed by atoms with Crippen LogP contribution in [0, 0.1) is 0 Å². The maximum Gasteiger partial charge on any atom is 0.263 e. The van der Waals surface area contributed by atoms with E-state index in [1.165, 1.54) is 11.3 Å². The molecule has 25 heavy (non-hydrogen) atoms. The summed E-state index contributed by atoms with van der Waals surface area (Å²) in [6.07, 6.45) is 1.62. The molecular weight excluding hydrogens is 332 g/mol. The number of hydrogen-bond donors (Lipinski definition) is 1. The van der Waals surface area contributed by atoms with Gasteiger partial charge in [-0.25, -0.2) is 4.98 Å². The molecule has 2 aromatic heterocycles. The van der Waals surface area contributed by atoms with E-state index in [2.05, 4.69) is 10.3 Å². The van der Waals surface area contributed by atoms with Gasteiger partial charge in [0.05, 0.1) is 12.2 Å². The number of thiazole rings is 1. The van der Waals surface area contributed by atoms with Crippen LogP contribution in [0.15, 0.2) is 71.3 Å². The van der Waals surface area contributed by atoms with Crippen molar-refractivity contribution in [1.29, 1.82) is 0 Å². The summed E-state index contributed by atoms with van der Waals surface area (Å²) in [5.74, 6) is 0.593. The predicted octanol–water partition coefficient (Wildman–Crippen LogP) is 5.05. The summed E-state index contributed by atoms with van der Waals surface area (Å²) in [7, 11) is 0. The van der Waals surface area contributed by atoms with Crippen LogP contribution in [-0.4, -0.2) is 10.9 Å². The van der Waals surface area contributed by atoms with Crippen LogP contribution >= 0.6 is 11.3 Å². The van der Waals surface area contributed by atoms with E-state index in [-0.39, 0.29) is 11.9 Å². The third-order valence-electron chi connectivity index (χ3n) is 3.97. The lowest BCUT2D eigenvalue weighted by molar-refractivity contribution is 0.0939. The van der Waals surface area contributed by atoms with Gasteiger partial charge in [-0.15, -0.1) is 11.3 Å². The molecule has 0 aliphatic carbocycles. The first kappa shape index (κ1) is 15.6. The second kappa shape index (κ2) is 6.53. The molecule has 0 bridgehead atoms. The summed E-state index contributed by atoms with van der Waals surface area (Å²) >= 11 is 1.38. The third kappa shape index (κ3) is 3.19. The number of fused-ring (bicyclic) bond motifs is 1. The van der Waals surface area contributed by atoms with E-state index < -0.39 is 0 Å². The van der Waals surface area contributed by atoms with Crippen molar-refractivity contribution in [3.8, 4) is 10.6 Å². The average Bonchev–Trinajstić information content (AvgIpc) is 3.29. The van der Waals surface area contributed by atoms with Crippen molar-refractivity contribution in [2.75, 3.05) is 0 Å². The van der Waals surface area contributed by atoms with Crippen molar-refractivity contribution in [1.82, 2.24) is 10.3 Å². The van der Waals surface area contributed by atoms with Gasteiger partial charge in [0.2, 0.25) is 0 Å². The molecule has 0 radical (unpaired) electrons. The van der Waals surface area contributed by atoms with Crippen LogP contribution in [-0.2, 0) is 0 Å². The van der Waals surface area contributed by atoms with Gasteiger partial charge < -0.3 is 9.73 Å². The molecule has 1 atom stereocenters. The molecule has 0 saturated carbocycles. The van der Waals surface area contributed by atoms with Gasteiger partial charge in [0.25, 0.3) is 5.91 Å². The van der Waals surface area contributed by atoms with Crippen molar-refractivity contribution in [3.63, 3.8) is 0 Å². The molecule has 4 aromatic rings. The predicted molar refractivity (Wildman–Crippen MR) is 99.6 cm³/mol. The summed E-state index contributed by atoms with van der Waals surface area (Å²) < 4.78 is 5.81. The van der Waals surface area contributed by atoms with Gasteiger partial charge in [0, 0.05) is 10.9 Å². The Morgan fingerprint density at radius 2 is 1.88 bits per heavy atom. The summed E-state index contributed by atoms with van der Waals surface area (Å²) in [6.45, 7) is 1.91. The Kier molecular flexibility index (Phi) is 4.07. The zero-order chi connectivity index (χ0) is 17.2. The minimum atomic E-state index is -0.220. The minimum Gasteiger partial charge on any atom is -0.459 e. The van der Waals surface area contributed by atoms with E-state index in [9.17, 15) is 4.79 Å². The highest BCUT2D eigenvalue weighted by Gasteiger charge is 2.17. The van der Waals surface area contributed by atoms with Gasteiger partial charge >= 0.3 is 0 Å². The van der Waals surface area contributed by atoms with Crippen LogP contribution in [0.5, 0.6) is 0 Å². The Morgan fingerprint density at radius 1 is 1.12 bits per heavy atom. The summed E-state index contributed by atoms with van der Waals surface area (Å²) in [5, 5.41) is 4.84. The fourth-order valence-electron chi connectivity index (χ4n) is 2.65. The molecule has 0 spiro atoms. The summed E-state index contributed by atoms with van der Waals surface area (Å²) in [4.78, 5) is 17.4. The number of nitrogens with zero attached hydrogens (tertiary/aromatic N) is 1. The first-order valence-electron chi connectivity index (χ1n) is 8.01. The molecule has 124 valence electrons. The van der Waals surface area contributed by atoms with E-state index in [0.717, 1.165) is 27.3 Å². The van der Waals surface area contributed by atoms with E-state index in [1.807, 2.05) is 67.6 Å². The highest BCUT2D eigenvalue weighted by molar-refractivity contribution is 7.16. The monoisotopic (exact) mass is 348 g/mol. The zero-order valence-corrected chi connectivity index (χ0v) is 14.4. The smallest absolute Gasteiger partial charge is 0.263 e. The lowest BCUT2D eigenvalue weighted by atomic mass is 10.2. The standard InChI is InChI=1S/C20H16N2O2S/c1-13(17-11-15-9-5-6-10-16(15)24-17)22-19(23)18-12-21-20(25-18)14-7-3-2-4-8-14/h2-13H,1H3,(H,22,23). The number of carbonyl (C=O) groups excluding carboxylic acids is 1.